The molecule has 14 heavy (non-hydrogen) atoms. The topological polar surface area (TPSA) is 38.0 Å². The zero-order chi connectivity index (χ0) is 10.7. The Morgan fingerprint density at radius 2 is 1.93 bits per heavy atom. The molecule has 1 aliphatic rings. The molecule has 0 amide bonds. The number of hydrogen-bond donors (Lipinski definition) is 2. The number of nitrogens with two attached hydrogens (primary N) is 1. The van der Waals surface area contributed by atoms with Gasteiger partial charge >= 0.3 is 6.18 Å². The van der Waals surface area contributed by atoms with Crippen molar-refractivity contribution < 1.29 is 13.2 Å². The number of nitrogens with one attached hydrogen (secondary N) is 1. The number of rotatable bonds is 5. The summed E-state index contributed by atoms with van der Waals surface area (Å²) in [6, 6.07) is 0. The van der Waals surface area contributed by atoms with Crippen LogP contribution in [0.2, 0.25) is 0 Å². The third-order valence-electron chi connectivity index (χ3n) is 2.93. The van der Waals surface area contributed by atoms with E-state index >= 15 is 0 Å². The smallest absolute Gasteiger partial charge is 0.330 e. The Morgan fingerprint density at radius 1 is 1.29 bits per heavy atom. The van der Waals surface area contributed by atoms with Crippen molar-refractivity contribution >= 4 is 0 Å². The van der Waals surface area contributed by atoms with Crippen molar-refractivity contribution in [2.45, 2.75) is 31.9 Å². The molecule has 1 fully saturated rings. The molecule has 0 aromatic carbocycles. The van der Waals surface area contributed by atoms with Crippen LogP contribution in [0.25, 0.3) is 0 Å². The number of halogens is 3. The summed E-state index contributed by atoms with van der Waals surface area (Å²) in [6.45, 7) is 1.21. The fraction of sp³-hybridized carbons (Fsp3) is 1.00. The van der Waals surface area contributed by atoms with Gasteiger partial charge in [-0.1, -0.05) is 6.42 Å². The van der Waals surface area contributed by atoms with E-state index in [-0.39, 0.29) is 12.0 Å². The lowest BCUT2D eigenvalue weighted by molar-refractivity contribution is -0.133. The molecule has 5 heteroatoms. The molecule has 0 saturated heterocycles. The Hall–Kier alpha value is -0.290. The highest BCUT2D eigenvalue weighted by Crippen LogP contribution is 2.39. The molecular weight excluding hydrogens is 193 g/mol. The summed E-state index contributed by atoms with van der Waals surface area (Å²) in [5, 5.41) is 2.84. The molecule has 0 radical (unpaired) electrons. The third kappa shape index (κ3) is 3.46. The van der Waals surface area contributed by atoms with Crippen molar-refractivity contribution in [2.75, 3.05) is 19.6 Å². The molecule has 84 valence electrons. The minimum absolute atomic E-state index is 0.00521. The van der Waals surface area contributed by atoms with Gasteiger partial charge in [-0.25, -0.2) is 0 Å². The Morgan fingerprint density at radius 3 is 2.29 bits per heavy atom. The van der Waals surface area contributed by atoms with Gasteiger partial charge in [0.2, 0.25) is 0 Å². The van der Waals surface area contributed by atoms with E-state index < -0.39 is 12.6 Å². The van der Waals surface area contributed by atoms with Crippen LogP contribution in [0.1, 0.15) is 25.7 Å². The molecule has 0 atom stereocenters. The predicted octanol–water partition coefficient (Wildman–Crippen LogP) is 1.66. The fourth-order valence-corrected chi connectivity index (χ4v) is 1.71. The normalized spacial score (nSPS) is 20.6. The largest absolute Gasteiger partial charge is 0.390 e. The Labute approximate surface area is 82.0 Å². The van der Waals surface area contributed by atoms with Gasteiger partial charge in [0.05, 0.1) is 6.42 Å². The molecule has 0 spiro atoms. The minimum atomic E-state index is -4.05. The van der Waals surface area contributed by atoms with E-state index in [1.165, 1.54) is 0 Å². The van der Waals surface area contributed by atoms with E-state index in [0.29, 0.717) is 13.1 Å². The molecule has 0 bridgehead atoms. The summed E-state index contributed by atoms with van der Waals surface area (Å²) in [5.74, 6) is 0. The van der Waals surface area contributed by atoms with Crippen LogP contribution >= 0.6 is 0 Å². The Balaban J connectivity index is 2.09. The van der Waals surface area contributed by atoms with Gasteiger partial charge in [0.1, 0.15) is 0 Å². The number of alkyl halides is 3. The van der Waals surface area contributed by atoms with E-state index in [1.54, 1.807) is 0 Å². The second-order valence-electron chi connectivity index (χ2n) is 4.10. The maximum atomic E-state index is 11.8. The van der Waals surface area contributed by atoms with Gasteiger partial charge in [0.25, 0.3) is 0 Å². The van der Waals surface area contributed by atoms with Crippen LogP contribution in [0.5, 0.6) is 0 Å². The van der Waals surface area contributed by atoms with Crippen LogP contribution in [-0.2, 0) is 0 Å². The lowest BCUT2D eigenvalue weighted by atomic mass is 9.69. The summed E-state index contributed by atoms with van der Waals surface area (Å²) < 4.78 is 35.4. The lowest BCUT2D eigenvalue weighted by Gasteiger charge is -2.41. The minimum Gasteiger partial charge on any atom is -0.330 e. The first-order valence-electron chi connectivity index (χ1n) is 4.95. The second-order valence-corrected chi connectivity index (χ2v) is 4.10. The molecule has 0 aromatic rings. The Kier molecular flexibility index (Phi) is 3.78. The highest BCUT2D eigenvalue weighted by molar-refractivity contribution is 4.90. The molecule has 0 aromatic heterocycles. The van der Waals surface area contributed by atoms with Gasteiger partial charge in [0.15, 0.2) is 0 Å². The molecule has 0 aliphatic heterocycles. The quantitative estimate of drug-likeness (QED) is 0.677. The van der Waals surface area contributed by atoms with E-state index in [1.807, 2.05) is 0 Å². The van der Waals surface area contributed by atoms with Crippen LogP contribution in [0.4, 0.5) is 13.2 Å². The van der Waals surface area contributed by atoms with Crippen molar-refractivity contribution in [3.63, 3.8) is 0 Å². The van der Waals surface area contributed by atoms with Crippen LogP contribution in [0.15, 0.2) is 0 Å². The van der Waals surface area contributed by atoms with Gasteiger partial charge in [-0.15, -0.1) is 0 Å². The third-order valence-corrected chi connectivity index (χ3v) is 2.93. The average molecular weight is 210 g/mol. The fourth-order valence-electron chi connectivity index (χ4n) is 1.71. The van der Waals surface area contributed by atoms with Crippen molar-refractivity contribution in [1.82, 2.24) is 5.32 Å². The van der Waals surface area contributed by atoms with Crippen molar-refractivity contribution in [3.8, 4) is 0 Å². The SMILES string of the molecule is NCC1(CNCCC(F)(F)F)CCC1. The molecule has 1 rings (SSSR count). The first-order valence-corrected chi connectivity index (χ1v) is 4.95. The standard InChI is InChI=1S/C9H17F3N2/c10-9(11,12)4-5-14-7-8(6-13)2-1-3-8/h14H,1-7,13H2. The highest BCUT2D eigenvalue weighted by Gasteiger charge is 2.35. The van der Waals surface area contributed by atoms with Gasteiger partial charge in [-0.3, -0.25) is 0 Å². The van der Waals surface area contributed by atoms with Gasteiger partial charge in [-0.2, -0.15) is 13.2 Å². The average Bonchev–Trinajstić information content (AvgIpc) is 2.00. The molecule has 2 nitrogen and oxygen atoms in total. The van der Waals surface area contributed by atoms with E-state index in [0.717, 1.165) is 19.3 Å². The lowest BCUT2D eigenvalue weighted by Crippen LogP contribution is -2.45. The van der Waals surface area contributed by atoms with Crippen LogP contribution in [0, 0.1) is 5.41 Å². The zero-order valence-electron chi connectivity index (χ0n) is 8.16. The van der Waals surface area contributed by atoms with Crippen LogP contribution in [0.3, 0.4) is 0 Å². The summed E-state index contributed by atoms with van der Waals surface area (Å²) in [5.41, 5.74) is 5.66. The van der Waals surface area contributed by atoms with Crippen LogP contribution < -0.4 is 11.1 Å². The van der Waals surface area contributed by atoms with Gasteiger partial charge < -0.3 is 11.1 Å². The van der Waals surface area contributed by atoms with Crippen molar-refractivity contribution in [1.29, 1.82) is 0 Å². The van der Waals surface area contributed by atoms with Gasteiger partial charge in [-0.05, 0) is 24.8 Å². The highest BCUT2D eigenvalue weighted by atomic mass is 19.4. The van der Waals surface area contributed by atoms with E-state index in [4.69, 9.17) is 5.73 Å². The second kappa shape index (κ2) is 4.49. The summed E-state index contributed by atoms with van der Waals surface area (Å²) in [6.07, 6.45) is -1.57. The molecule has 0 unspecified atom stereocenters. The Bertz CT molecular complexity index is 170. The maximum Gasteiger partial charge on any atom is 0.390 e. The molecule has 1 aliphatic carbocycles. The van der Waals surface area contributed by atoms with Gasteiger partial charge in [0, 0.05) is 13.1 Å². The van der Waals surface area contributed by atoms with Crippen molar-refractivity contribution in [3.05, 3.63) is 0 Å². The molecular formula is C9H17F3N2. The van der Waals surface area contributed by atoms with Crippen LogP contribution in [-0.4, -0.2) is 25.8 Å². The first kappa shape index (κ1) is 11.8. The monoisotopic (exact) mass is 210 g/mol. The molecule has 3 N–H and O–H groups in total. The maximum absolute atomic E-state index is 11.8. The number of hydrogen-bond acceptors (Lipinski definition) is 2. The summed E-state index contributed by atoms with van der Waals surface area (Å²) in [7, 11) is 0. The zero-order valence-corrected chi connectivity index (χ0v) is 8.16. The van der Waals surface area contributed by atoms with E-state index in [9.17, 15) is 13.2 Å². The molecule has 1 saturated carbocycles. The summed E-state index contributed by atoms with van der Waals surface area (Å²) >= 11 is 0. The first-order chi connectivity index (χ1) is 6.47. The summed E-state index contributed by atoms with van der Waals surface area (Å²) in [4.78, 5) is 0. The molecule has 0 heterocycles. The predicted molar refractivity (Wildman–Crippen MR) is 48.9 cm³/mol. The van der Waals surface area contributed by atoms with E-state index in [2.05, 4.69) is 5.32 Å². The van der Waals surface area contributed by atoms with Crippen molar-refractivity contribution in [2.24, 2.45) is 11.1 Å².